The van der Waals surface area contributed by atoms with E-state index in [0.29, 0.717) is 24.5 Å². The Morgan fingerprint density at radius 1 is 1.29 bits per heavy atom. The number of ether oxygens (including phenoxy) is 1. The van der Waals surface area contributed by atoms with Gasteiger partial charge in [0, 0.05) is 18.7 Å². The molecule has 0 fully saturated rings. The first-order valence-corrected chi connectivity index (χ1v) is 6.96. The summed E-state index contributed by atoms with van der Waals surface area (Å²) in [7, 11) is 1.58. The molecule has 0 unspecified atom stereocenters. The Morgan fingerprint density at radius 3 is 2.29 bits per heavy atom. The van der Waals surface area contributed by atoms with Gasteiger partial charge in [0.15, 0.2) is 0 Å². The largest absolute Gasteiger partial charge is 0.496 e. The molecular formula is C15H24N4O2. The Kier molecular flexibility index (Phi) is 5.58. The average Bonchev–Trinajstić information content (AvgIpc) is 2.44. The number of guanidine groups is 1. The lowest BCUT2D eigenvalue weighted by molar-refractivity contribution is 0.213. The second-order valence-corrected chi connectivity index (χ2v) is 4.73. The number of aryl methyl sites for hydroxylation is 1. The first-order chi connectivity index (χ1) is 9.88. The number of benzene rings is 1. The molecule has 116 valence electrons. The standard InChI is InChI=1S/C15H24N4O2/c1-6-18(7-2)15(20)19(14(16)17)13-10(3)8-9-12(21-5)11(13)4/h8-9H,6-7H2,1-5H3,(H3,16,17). The van der Waals surface area contributed by atoms with Gasteiger partial charge in [-0.1, -0.05) is 6.07 Å². The van der Waals surface area contributed by atoms with Crippen molar-refractivity contribution in [1.29, 1.82) is 5.41 Å². The normalized spacial score (nSPS) is 10.1. The highest BCUT2D eigenvalue weighted by Gasteiger charge is 2.26. The van der Waals surface area contributed by atoms with Gasteiger partial charge >= 0.3 is 6.03 Å². The van der Waals surface area contributed by atoms with E-state index in [0.717, 1.165) is 11.1 Å². The van der Waals surface area contributed by atoms with Crippen LogP contribution in [-0.4, -0.2) is 37.1 Å². The van der Waals surface area contributed by atoms with E-state index < -0.39 is 0 Å². The topological polar surface area (TPSA) is 82.7 Å². The number of nitrogens with one attached hydrogen (secondary N) is 1. The first-order valence-electron chi connectivity index (χ1n) is 6.96. The number of rotatable bonds is 4. The molecule has 0 saturated heterocycles. The number of nitrogens with two attached hydrogens (primary N) is 1. The molecule has 1 aromatic carbocycles. The summed E-state index contributed by atoms with van der Waals surface area (Å²) in [5, 5.41) is 7.80. The number of hydrogen-bond acceptors (Lipinski definition) is 3. The van der Waals surface area contributed by atoms with Gasteiger partial charge in [-0.3, -0.25) is 5.41 Å². The molecular weight excluding hydrogens is 268 g/mol. The Labute approximate surface area is 126 Å². The van der Waals surface area contributed by atoms with Gasteiger partial charge in [-0.15, -0.1) is 0 Å². The van der Waals surface area contributed by atoms with Crippen LogP contribution >= 0.6 is 0 Å². The van der Waals surface area contributed by atoms with Crippen molar-refractivity contribution in [2.24, 2.45) is 5.73 Å². The summed E-state index contributed by atoms with van der Waals surface area (Å²) in [5.74, 6) is 0.362. The molecule has 21 heavy (non-hydrogen) atoms. The molecule has 3 N–H and O–H groups in total. The highest BCUT2D eigenvalue weighted by Crippen LogP contribution is 2.32. The third-order valence-corrected chi connectivity index (χ3v) is 3.49. The average molecular weight is 292 g/mol. The van der Waals surface area contributed by atoms with Crippen molar-refractivity contribution in [3.8, 4) is 5.75 Å². The van der Waals surface area contributed by atoms with E-state index in [-0.39, 0.29) is 12.0 Å². The summed E-state index contributed by atoms with van der Waals surface area (Å²) in [4.78, 5) is 15.5. The van der Waals surface area contributed by atoms with E-state index in [1.165, 1.54) is 4.90 Å². The highest BCUT2D eigenvalue weighted by molar-refractivity contribution is 6.14. The molecule has 0 heterocycles. The van der Waals surface area contributed by atoms with Crippen LogP contribution in [0.5, 0.6) is 5.75 Å². The maximum Gasteiger partial charge on any atom is 0.331 e. The maximum atomic E-state index is 12.6. The Morgan fingerprint density at radius 2 is 1.86 bits per heavy atom. The second kappa shape index (κ2) is 6.97. The summed E-state index contributed by atoms with van der Waals surface area (Å²) in [5.41, 5.74) is 7.93. The van der Waals surface area contributed by atoms with Crippen LogP contribution in [0, 0.1) is 19.3 Å². The quantitative estimate of drug-likeness (QED) is 0.660. The van der Waals surface area contributed by atoms with Crippen molar-refractivity contribution in [3.63, 3.8) is 0 Å². The van der Waals surface area contributed by atoms with Crippen molar-refractivity contribution < 1.29 is 9.53 Å². The van der Waals surface area contributed by atoms with Gasteiger partial charge in [0.1, 0.15) is 5.75 Å². The molecule has 0 saturated carbocycles. The summed E-state index contributed by atoms with van der Waals surface area (Å²) in [6.45, 7) is 8.64. The highest BCUT2D eigenvalue weighted by atomic mass is 16.5. The molecule has 0 aliphatic heterocycles. The van der Waals surface area contributed by atoms with Gasteiger partial charge < -0.3 is 15.4 Å². The minimum Gasteiger partial charge on any atom is -0.496 e. The Bertz CT molecular complexity index is 539. The fourth-order valence-corrected chi connectivity index (χ4v) is 2.34. The number of nitrogens with zero attached hydrogens (tertiary/aromatic N) is 2. The lowest BCUT2D eigenvalue weighted by Crippen LogP contribution is -2.49. The smallest absolute Gasteiger partial charge is 0.331 e. The van der Waals surface area contributed by atoms with Crippen LogP contribution in [-0.2, 0) is 0 Å². The van der Waals surface area contributed by atoms with Crippen LogP contribution in [0.4, 0.5) is 10.5 Å². The number of hydrogen-bond donors (Lipinski definition) is 2. The van der Waals surface area contributed by atoms with Gasteiger partial charge in [0.25, 0.3) is 0 Å². The van der Waals surface area contributed by atoms with E-state index in [2.05, 4.69) is 0 Å². The molecule has 6 nitrogen and oxygen atoms in total. The summed E-state index contributed by atoms with van der Waals surface area (Å²) in [6, 6.07) is 3.40. The third-order valence-electron chi connectivity index (χ3n) is 3.49. The summed E-state index contributed by atoms with van der Waals surface area (Å²) >= 11 is 0. The maximum absolute atomic E-state index is 12.6. The number of carbonyl (C=O) groups excluding carboxylic acids is 1. The fraction of sp³-hybridized carbons (Fsp3) is 0.467. The van der Waals surface area contributed by atoms with Crippen LogP contribution in [0.1, 0.15) is 25.0 Å². The zero-order chi connectivity index (χ0) is 16.2. The molecule has 0 bridgehead atoms. The van der Waals surface area contributed by atoms with Gasteiger partial charge in [-0.05, 0) is 39.3 Å². The van der Waals surface area contributed by atoms with E-state index in [1.807, 2.05) is 39.8 Å². The third kappa shape index (κ3) is 3.26. The number of methoxy groups -OCH3 is 1. The molecule has 0 aliphatic carbocycles. The lowest BCUT2D eigenvalue weighted by atomic mass is 10.1. The van der Waals surface area contributed by atoms with E-state index in [4.69, 9.17) is 15.9 Å². The molecule has 0 atom stereocenters. The summed E-state index contributed by atoms with van der Waals surface area (Å²) < 4.78 is 5.30. The van der Waals surface area contributed by atoms with Gasteiger partial charge in [-0.25, -0.2) is 9.69 Å². The molecule has 0 spiro atoms. The Balaban J connectivity index is 3.43. The van der Waals surface area contributed by atoms with Crippen molar-refractivity contribution in [1.82, 2.24) is 4.90 Å². The molecule has 0 aromatic heterocycles. The van der Waals surface area contributed by atoms with Crippen LogP contribution in [0.2, 0.25) is 0 Å². The SMILES string of the molecule is CCN(CC)C(=O)N(C(=N)N)c1c(C)ccc(OC)c1C. The van der Waals surface area contributed by atoms with Crippen molar-refractivity contribution >= 4 is 17.7 Å². The van der Waals surface area contributed by atoms with Gasteiger partial charge in [0.2, 0.25) is 5.96 Å². The zero-order valence-electron chi connectivity index (χ0n) is 13.4. The molecule has 0 radical (unpaired) electrons. The predicted molar refractivity (Wildman–Crippen MR) is 85.2 cm³/mol. The van der Waals surface area contributed by atoms with Crippen molar-refractivity contribution in [2.75, 3.05) is 25.1 Å². The molecule has 6 heteroatoms. The first kappa shape index (κ1) is 16.8. The van der Waals surface area contributed by atoms with Crippen LogP contribution in [0.15, 0.2) is 12.1 Å². The van der Waals surface area contributed by atoms with Crippen LogP contribution in [0.25, 0.3) is 0 Å². The van der Waals surface area contributed by atoms with Crippen molar-refractivity contribution in [2.45, 2.75) is 27.7 Å². The van der Waals surface area contributed by atoms with Gasteiger partial charge in [-0.2, -0.15) is 0 Å². The van der Waals surface area contributed by atoms with Crippen LogP contribution in [0.3, 0.4) is 0 Å². The predicted octanol–water partition coefficient (Wildman–Crippen LogP) is 2.47. The minimum atomic E-state index is -0.300. The number of urea groups is 1. The second-order valence-electron chi connectivity index (χ2n) is 4.73. The Hall–Kier alpha value is -2.24. The molecule has 1 aromatic rings. The summed E-state index contributed by atoms with van der Waals surface area (Å²) in [6.07, 6.45) is 0. The molecule has 2 amide bonds. The minimum absolute atomic E-state index is 0.299. The number of amides is 2. The van der Waals surface area contributed by atoms with E-state index in [1.54, 1.807) is 12.0 Å². The zero-order valence-corrected chi connectivity index (χ0v) is 13.4. The van der Waals surface area contributed by atoms with Gasteiger partial charge in [0.05, 0.1) is 12.8 Å². The van der Waals surface area contributed by atoms with Crippen molar-refractivity contribution in [3.05, 3.63) is 23.3 Å². The lowest BCUT2D eigenvalue weighted by Gasteiger charge is -2.30. The molecule has 1 rings (SSSR count). The van der Waals surface area contributed by atoms with Crippen LogP contribution < -0.4 is 15.4 Å². The monoisotopic (exact) mass is 292 g/mol. The number of carbonyl (C=O) groups is 1. The van der Waals surface area contributed by atoms with E-state index in [9.17, 15) is 4.79 Å². The van der Waals surface area contributed by atoms with E-state index >= 15 is 0 Å². The fourth-order valence-electron chi connectivity index (χ4n) is 2.34. The number of anilines is 1. The molecule has 0 aliphatic rings.